The normalized spacial score (nSPS) is 13.8. The fourth-order valence-electron chi connectivity index (χ4n) is 0.341. The lowest BCUT2D eigenvalue weighted by Crippen LogP contribution is -2.33. The topological polar surface area (TPSA) is 46.6 Å². The first-order chi connectivity index (χ1) is 5.19. The van der Waals surface area contributed by atoms with Gasteiger partial charge >= 0.3 is 16.7 Å². The molecule has 0 aliphatic rings. The van der Waals surface area contributed by atoms with Gasteiger partial charge in [-0.3, -0.25) is 0 Å². The molecule has 12 heavy (non-hydrogen) atoms. The highest BCUT2D eigenvalue weighted by atomic mass is 32.2. The number of rotatable bonds is 3. The van der Waals surface area contributed by atoms with E-state index in [2.05, 4.69) is 4.18 Å². The third-order valence-corrected chi connectivity index (χ3v) is 2.45. The average molecular weight is 207 g/mol. The van der Waals surface area contributed by atoms with E-state index in [9.17, 15) is 21.6 Å². The average Bonchev–Trinajstić information content (AvgIpc) is 1.80. The number of nitrogens with zero attached hydrogens (tertiary/aromatic N) is 1. The van der Waals surface area contributed by atoms with E-state index < -0.39 is 16.7 Å². The molecule has 74 valence electrons. The minimum absolute atomic E-state index is 0.0849. The van der Waals surface area contributed by atoms with E-state index in [0.29, 0.717) is 4.31 Å². The third-order valence-electron chi connectivity index (χ3n) is 1.03. The van der Waals surface area contributed by atoms with Crippen LogP contribution < -0.4 is 0 Å². The van der Waals surface area contributed by atoms with Crippen LogP contribution in [0.3, 0.4) is 0 Å². The van der Waals surface area contributed by atoms with Gasteiger partial charge < -0.3 is 0 Å². The molecule has 0 saturated carbocycles. The van der Waals surface area contributed by atoms with Gasteiger partial charge in [0.05, 0.1) is 0 Å². The first-order valence-electron chi connectivity index (χ1n) is 2.92. The van der Waals surface area contributed by atoms with Crippen molar-refractivity contribution < 1.29 is 25.8 Å². The third kappa shape index (κ3) is 3.88. The molecule has 0 aliphatic heterocycles. The summed E-state index contributed by atoms with van der Waals surface area (Å²) in [5.41, 5.74) is 0. The highest BCUT2D eigenvalue weighted by Crippen LogP contribution is 2.20. The van der Waals surface area contributed by atoms with Crippen LogP contribution in [0.25, 0.3) is 0 Å². The summed E-state index contributed by atoms with van der Waals surface area (Å²) in [7, 11) is -3.67. The number of hydrogen-bond donors (Lipinski definition) is 0. The van der Waals surface area contributed by atoms with Crippen molar-refractivity contribution in [3.05, 3.63) is 0 Å². The Balaban J connectivity index is 4.45. The van der Waals surface area contributed by atoms with Crippen LogP contribution in [-0.4, -0.2) is 32.7 Å². The number of hydrogen-bond acceptors (Lipinski definition) is 3. The predicted molar refractivity (Wildman–Crippen MR) is 34.4 cm³/mol. The molecular weight excluding hydrogens is 199 g/mol. The second-order valence-corrected chi connectivity index (χ2v) is 3.55. The van der Waals surface area contributed by atoms with Gasteiger partial charge in [-0.2, -0.15) is 16.9 Å². The van der Waals surface area contributed by atoms with Gasteiger partial charge in [-0.05, 0) is 0 Å². The van der Waals surface area contributed by atoms with Crippen molar-refractivity contribution in [3.63, 3.8) is 0 Å². The van der Waals surface area contributed by atoms with Crippen LogP contribution in [-0.2, 0) is 14.5 Å². The minimum atomic E-state index is -5.16. The van der Waals surface area contributed by atoms with Gasteiger partial charge in [0.25, 0.3) is 0 Å². The minimum Gasteiger partial charge on any atom is -0.182 e. The van der Waals surface area contributed by atoms with Gasteiger partial charge in [0.2, 0.25) is 0 Å². The summed E-state index contributed by atoms with van der Waals surface area (Å²) in [4.78, 5) is 0. The zero-order valence-electron chi connectivity index (χ0n) is 6.42. The van der Waals surface area contributed by atoms with E-state index in [0.717, 1.165) is 7.05 Å². The Morgan fingerprint density at radius 3 is 2.08 bits per heavy atom. The molecule has 0 bridgehead atoms. The molecule has 0 aliphatic carbocycles. The fourth-order valence-corrected chi connectivity index (χ4v) is 1.02. The Labute approximate surface area is 68.2 Å². The van der Waals surface area contributed by atoms with Crippen molar-refractivity contribution in [1.29, 1.82) is 0 Å². The SMILES string of the molecule is CCN(C)S(=O)(=O)OC(F)(F)F. The Hall–Kier alpha value is -0.340. The van der Waals surface area contributed by atoms with E-state index in [1.807, 2.05) is 0 Å². The maximum absolute atomic E-state index is 11.4. The summed E-state index contributed by atoms with van der Waals surface area (Å²) in [6, 6.07) is 0. The van der Waals surface area contributed by atoms with Crippen molar-refractivity contribution in [2.45, 2.75) is 13.3 Å². The molecule has 0 spiro atoms. The Morgan fingerprint density at radius 1 is 1.42 bits per heavy atom. The Kier molecular flexibility index (Phi) is 3.48. The smallest absolute Gasteiger partial charge is 0.182 e. The number of alkyl halides is 3. The molecule has 0 saturated heterocycles. The first kappa shape index (κ1) is 11.7. The van der Waals surface area contributed by atoms with E-state index in [4.69, 9.17) is 0 Å². The van der Waals surface area contributed by atoms with Crippen molar-refractivity contribution in [2.75, 3.05) is 13.6 Å². The predicted octanol–water partition coefficient (Wildman–Crippen LogP) is 0.719. The molecule has 0 aromatic rings. The lowest BCUT2D eigenvalue weighted by Gasteiger charge is -2.14. The fraction of sp³-hybridized carbons (Fsp3) is 1.00. The molecule has 0 heterocycles. The molecule has 0 aromatic heterocycles. The summed E-state index contributed by atoms with van der Waals surface area (Å²) in [6.07, 6.45) is -5.16. The molecule has 0 rings (SSSR count). The molecule has 4 nitrogen and oxygen atoms in total. The van der Waals surface area contributed by atoms with E-state index >= 15 is 0 Å². The van der Waals surface area contributed by atoms with Gasteiger partial charge in [0.1, 0.15) is 0 Å². The van der Waals surface area contributed by atoms with Crippen LogP contribution in [0.5, 0.6) is 0 Å². The van der Waals surface area contributed by atoms with Gasteiger partial charge in [-0.15, -0.1) is 13.2 Å². The maximum Gasteiger partial charge on any atom is 0.538 e. The molecule has 8 heteroatoms. The standard InChI is InChI=1S/C4H8F3NO3S/c1-3-8(2)12(9,10)11-4(5,6)7/h3H2,1-2H3. The molecule has 0 fully saturated rings. The van der Waals surface area contributed by atoms with Gasteiger partial charge in [0.15, 0.2) is 0 Å². The number of halogens is 3. The zero-order valence-corrected chi connectivity index (χ0v) is 7.24. The molecule has 0 atom stereocenters. The Morgan fingerprint density at radius 2 is 1.83 bits per heavy atom. The first-order valence-corrected chi connectivity index (χ1v) is 4.29. The molecular formula is C4H8F3NO3S. The van der Waals surface area contributed by atoms with Crippen LogP contribution in [0.1, 0.15) is 6.92 Å². The second kappa shape index (κ2) is 3.58. The zero-order chi connectivity index (χ0) is 9.99. The van der Waals surface area contributed by atoms with Crippen molar-refractivity contribution in [3.8, 4) is 0 Å². The van der Waals surface area contributed by atoms with Gasteiger partial charge in [-0.1, -0.05) is 6.92 Å². The lowest BCUT2D eigenvalue weighted by molar-refractivity contribution is -0.273. The van der Waals surface area contributed by atoms with Crippen LogP contribution >= 0.6 is 0 Å². The molecule has 0 unspecified atom stereocenters. The van der Waals surface area contributed by atoms with E-state index in [-0.39, 0.29) is 6.54 Å². The summed E-state index contributed by atoms with van der Waals surface area (Å²) < 4.78 is 58.7. The monoisotopic (exact) mass is 207 g/mol. The van der Waals surface area contributed by atoms with Crippen molar-refractivity contribution in [2.24, 2.45) is 0 Å². The van der Waals surface area contributed by atoms with Crippen LogP contribution in [0.4, 0.5) is 13.2 Å². The largest absolute Gasteiger partial charge is 0.538 e. The summed E-state index contributed by atoms with van der Waals surface area (Å²) in [5, 5.41) is 0. The molecule has 0 amide bonds. The molecule has 0 aromatic carbocycles. The second-order valence-electron chi connectivity index (χ2n) is 1.90. The summed E-state index contributed by atoms with van der Waals surface area (Å²) in [6.45, 7) is 1.30. The summed E-state index contributed by atoms with van der Waals surface area (Å²) in [5.74, 6) is 0. The van der Waals surface area contributed by atoms with Gasteiger partial charge in [-0.25, -0.2) is 0 Å². The molecule has 0 N–H and O–H groups in total. The van der Waals surface area contributed by atoms with Crippen LogP contribution in [0.2, 0.25) is 0 Å². The highest BCUT2D eigenvalue weighted by molar-refractivity contribution is 7.84. The summed E-state index contributed by atoms with van der Waals surface area (Å²) >= 11 is 0. The van der Waals surface area contributed by atoms with Crippen LogP contribution in [0, 0.1) is 0 Å². The van der Waals surface area contributed by atoms with Crippen molar-refractivity contribution in [1.82, 2.24) is 4.31 Å². The Bertz CT molecular complexity index is 234. The lowest BCUT2D eigenvalue weighted by atomic mass is 10.8. The van der Waals surface area contributed by atoms with Crippen LogP contribution in [0.15, 0.2) is 0 Å². The van der Waals surface area contributed by atoms with Crippen molar-refractivity contribution >= 4 is 10.3 Å². The van der Waals surface area contributed by atoms with E-state index in [1.54, 1.807) is 0 Å². The van der Waals surface area contributed by atoms with E-state index in [1.165, 1.54) is 6.92 Å². The molecule has 0 radical (unpaired) electrons. The highest BCUT2D eigenvalue weighted by Gasteiger charge is 2.38. The van der Waals surface area contributed by atoms with Gasteiger partial charge in [0, 0.05) is 13.6 Å². The maximum atomic E-state index is 11.4. The quantitative estimate of drug-likeness (QED) is 0.685.